The SMILES string of the molecule is CCCCc1cc2ccccc2c(O)c1C(C)=O. The van der Waals surface area contributed by atoms with Crippen molar-refractivity contribution in [2.45, 2.75) is 33.1 Å². The molecule has 0 aromatic heterocycles. The monoisotopic (exact) mass is 242 g/mol. The molecule has 0 spiro atoms. The number of phenolic OH excluding ortho intramolecular Hbond substituents is 1. The van der Waals surface area contributed by atoms with E-state index < -0.39 is 0 Å². The molecule has 0 fully saturated rings. The van der Waals surface area contributed by atoms with E-state index in [4.69, 9.17) is 0 Å². The van der Waals surface area contributed by atoms with Crippen molar-refractivity contribution >= 4 is 16.6 Å². The van der Waals surface area contributed by atoms with Gasteiger partial charge in [0.25, 0.3) is 0 Å². The van der Waals surface area contributed by atoms with Crippen LogP contribution in [-0.4, -0.2) is 10.9 Å². The predicted octanol–water partition coefficient (Wildman–Crippen LogP) is 4.09. The second-order valence-electron chi connectivity index (χ2n) is 4.64. The summed E-state index contributed by atoms with van der Waals surface area (Å²) in [5.41, 5.74) is 1.45. The number of carbonyl (C=O) groups excluding carboxylic acids is 1. The summed E-state index contributed by atoms with van der Waals surface area (Å²) in [4.78, 5) is 11.7. The molecule has 2 rings (SSSR count). The number of aryl methyl sites for hydroxylation is 1. The standard InChI is InChI=1S/C16H18O2/c1-3-4-7-13-10-12-8-5-6-9-14(12)16(18)15(13)11(2)17/h5-6,8-10,18H,3-4,7H2,1-2H3. The Morgan fingerprint density at radius 1 is 1.28 bits per heavy atom. The van der Waals surface area contributed by atoms with Crippen molar-refractivity contribution in [1.29, 1.82) is 0 Å². The minimum atomic E-state index is -0.0654. The van der Waals surface area contributed by atoms with Gasteiger partial charge in [0.1, 0.15) is 5.75 Å². The van der Waals surface area contributed by atoms with Gasteiger partial charge in [-0.25, -0.2) is 0 Å². The van der Waals surface area contributed by atoms with Crippen LogP contribution in [0.25, 0.3) is 10.8 Å². The summed E-state index contributed by atoms with van der Waals surface area (Å²) in [6.07, 6.45) is 2.94. The Hall–Kier alpha value is -1.83. The number of aromatic hydroxyl groups is 1. The topological polar surface area (TPSA) is 37.3 Å². The fraction of sp³-hybridized carbons (Fsp3) is 0.312. The number of hydrogen-bond acceptors (Lipinski definition) is 2. The Morgan fingerprint density at radius 3 is 2.67 bits per heavy atom. The van der Waals surface area contributed by atoms with Crippen LogP contribution in [0.2, 0.25) is 0 Å². The summed E-state index contributed by atoms with van der Waals surface area (Å²) in [6, 6.07) is 9.66. The molecule has 0 aliphatic rings. The maximum absolute atomic E-state index is 11.7. The van der Waals surface area contributed by atoms with E-state index in [0.29, 0.717) is 5.56 Å². The highest BCUT2D eigenvalue weighted by molar-refractivity contribution is 6.05. The second kappa shape index (κ2) is 5.21. The third-order valence-corrected chi connectivity index (χ3v) is 3.26. The Bertz CT molecular complexity index is 585. The van der Waals surface area contributed by atoms with Crippen LogP contribution in [0.15, 0.2) is 30.3 Å². The number of rotatable bonds is 4. The van der Waals surface area contributed by atoms with E-state index >= 15 is 0 Å². The van der Waals surface area contributed by atoms with Gasteiger partial charge in [-0.3, -0.25) is 4.79 Å². The minimum absolute atomic E-state index is 0.0654. The van der Waals surface area contributed by atoms with E-state index in [-0.39, 0.29) is 11.5 Å². The van der Waals surface area contributed by atoms with Crippen LogP contribution < -0.4 is 0 Å². The van der Waals surface area contributed by atoms with Gasteiger partial charge >= 0.3 is 0 Å². The molecule has 0 heterocycles. The first-order valence-corrected chi connectivity index (χ1v) is 6.39. The van der Waals surface area contributed by atoms with Crippen LogP contribution in [0, 0.1) is 0 Å². The number of unbranched alkanes of at least 4 members (excludes halogenated alkanes) is 1. The van der Waals surface area contributed by atoms with Crippen LogP contribution in [0.1, 0.15) is 42.6 Å². The molecular weight excluding hydrogens is 224 g/mol. The van der Waals surface area contributed by atoms with E-state index in [1.807, 2.05) is 30.3 Å². The summed E-state index contributed by atoms with van der Waals surface area (Å²) in [6.45, 7) is 3.63. The molecule has 0 atom stereocenters. The van der Waals surface area contributed by atoms with E-state index in [9.17, 15) is 9.90 Å². The molecule has 0 aliphatic heterocycles. The number of phenols is 1. The highest BCUT2D eigenvalue weighted by Gasteiger charge is 2.15. The van der Waals surface area contributed by atoms with Gasteiger partial charge in [-0.1, -0.05) is 43.7 Å². The molecule has 0 saturated heterocycles. The van der Waals surface area contributed by atoms with Gasteiger partial charge in [0, 0.05) is 5.39 Å². The van der Waals surface area contributed by atoms with Crippen molar-refractivity contribution in [3.05, 3.63) is 41.5 Å². The first kappa shape index (κ1) is 12.6. The molecule has 0 bridgehead atoms. The lowest BCUT2D eigenvalue weighted by atomic mass is 9.94. The van der Waals surface area contributed by atoms with Crippen molar-refractivity contribution in [2.75, 3.05) is 0 Å². The van der Waals surface area contributed by atoms with Gasteiger partial charge in [-0.2, -0.15) is 0 Å². The summed E-state index contributed by atoms with van der Waals surface area (Å²) in [5, 5.41) is 12.0. The molecule has 0 aliphatic carbocycles. The average molecular weight is 242 g/mol. The zero-order valence-corrected chi connectivity index (χ0v) is 10.9. The summed E-state index contributed by atoms with van der Waals surface area (Å²) >= 11 is 0. The highest BCUT2D eigenvalue weighted by atomic mass is 16.3. The second-order valence-corrected chi connectivity index (χ2v) is 4.64. The highest BCUT2D eigenvalue weighted by Crippen LogP contribution is 2.32. The lowest BCUT2D eigenvalue weighted by Gasteiger charge is -2.12. The molecule has 0 unspecified atom stereocenters. The Kier molecular flexibility index (Phi) is 3.66. The van der Waals surface area contributed by atoms with Crippen molar-refractivity contribution in [3.8, 4) is 5.75 Å². The maximum atomic E-state index is 11.7. The third-order valence-electron chi connectivity index (χ3n) is 3.26. The zero-order chi connectivity index (χ0) is 13.1. The number of benzene rings is 2. The molecule has 2 aromatic rings. The Labute approximate surface area is 107 Å². The first-order valence-electron chi connectivity index (χ1n) is 6.39. The average Bonchev–Trinajstić information content (AvgIpc) is 2.36. The number of carbonyl (C=O) groups is 1. The normalized spacial score (nSPS) is 10.8. The van der Waals surface area contributed by atoms with Gasteiger partial charge in [-0.15, -0.1) is 0 Å². The van der Waals surface area contributed by atoms with Crippen LogP contribution in [0.3, 0.4) is 0 Å². The lowest BCUT2D eigenvalue weighted by molar-refractivity contribution is 0.101. The summed E-state index contributed by atoms with van der Waals surface area (Å²) in [7, 11) is 0. The van der Waals surface area contributed by atoms with Crippen molar-refractivity contribution < 1.29 is 9.90 Å². The van der Waals surface area contributed by atoms with Crippen molar-refractivity contribution in [2.24, 2.45) is 0 Å². The van der Waals surface area contributed by atoms with E-state index in [0.717, 1.165) is 35.6 Å². The molecule has 1 N–H and O–H groups in total. The molecule has 2 aromatic carbocycles. The fourth-order valence-electron chi connectivity index (χ4n) is 2.34. The number of ketones is 1. The Balaban J connectivity index is 2.67. The molecule has 2 nitrogen and oxygen atoms in total. The first-order chi connectivity index (χ1) is 8.65. The predicted molar refractivity (Wildman–Crippen MR) is 74.2 cm³/mol. The van der Waals surface area contributed by atoms with Gasteiger partial charge in [0.15, 0.2) is 5.78 Å². The fourth-order valence-corrected chi connectivity index (χ4v) is 2.34. The zero-order valence-electron chi connectivity index (χ0n) is 10.9. The minimum Gasteiger partial charge on any atom is -0.507 e. The number of Topliss-reactive ketones (excluding diaryl/α,β-unsaturated/α-hetero) is 1. The van der Waals surface area contributed by atoms with E-state index in [1.54, 1.807) is 0 Å². The van der Waals surface area contributed by atoms with Crippen molar-refractivity contribution in [1.82, 2.24) is 0 Å². The largest absolute Gasteiger partial charge is 0.507 e. The Morgan fingerprint density at radius 2 is 2.00 bits per heavy atom. The third kappa shape index (κ3) is 2.23. The maximum Gasteiger partial charge on any atom is 0.163 e. The van der Waals surface area contributed by atoms with Crippen LogP contribution in [0.5, 0.6) is 5.75 Å². The number of fused-ring (bicyclic) bond motifs is 1. The summed E-state index contributed by atoms with van der Waals surface area (Å²) < 4.78 is 0. The molecular formula is C16H18O2. The quantitative estimate of drug-likeness (QED) is 0.820. The molecule has 0 saturated carbocycles. The van der Waals surface area contributed by atoms with Crippen molar-refractivity contribution in [3.63, 3.8) is 0 Å². The molecule has 2 heteroatoms. The lowest BCUT2D eigenvalue weighted by Crippen LogP contribution is -2.01. The number of hydrogen-bond donors (Lipinski definition) is 1. The van der Waals surface area contributed by atoms with Gasteiger partial charge in [-0.05, 0) is 30.7 Å². The molecule has 18 heavy (non-hydrogen) atoms. The van der Waals surface area contributed by atoms with Crippen LogP contribution in [-0.2, 0) is 6.42 Å². The van der Waals surface area contributed by atoms with Crippen LogP contribution in [0.4, 0.5) is 0 Å². The van der Waals surface area contributed by atoms with E-state index in [1.165, 1.54) is 6.92 Å². The van der Waals surface area contributed by atoms with E-state index in [2.05, 4.69) is 6.92 Å². The van der Waals surface area contributed by atoms with Gasteiger partial charge in [0.05, 0.1) is 5.56 Å². The van der Waals surface area contributed by atoms with Gasteiger partial charge < -0.3 is 5.11 Å². The molecule has 0 amide bonds. The summed E-state index contributed by atoms with van der Waals surface area (Å²) in [5.74, 6) is 0.0658. The molecule has 94 valence electrons. The smallest absolute Gasteiger partial charge is 0.163 e. The van der Waals surface area contributed by atoms with Gasteiger partial charge in [0.2, 0.25) is 0 Å². The molecule has 0 radical (unpaired) electrons. The van der Waals surface area contributed by atoms with Crippen LogP contribution >= 0.6 is 0 Å².